The molecule has 26 heavy (non-hydrogen) atoms. The molecule has 0 saturated heterocycles. The van der Waals surface area contributed by atoms with Crippen LogP contribution in [0.1, 0.15) is 11.1 Å². The van der Waals surface area contributed by atoms with Crippen molar-refractivity contribution in [3.05, 3.63) is 71.8 Å². The average molecular weight is 369 g/mol. The Bertz CT molecular complexity index is 785. The number of nitrogens with one attached hydrogen (secondary N) is 1. The van der Waals surface area contributed by atoms with Crippen LogP contribution in [-0.4, -0.2) is 30.6 Å². The first-order chi connectivity index (χ1) is 12.6. The number of esters is 1. The topological polar surface area (TPSA) is 72.5 Å². The number of hydrogen-bond acceptors (Lipinski definition) is 5. The SMILES string of the molecule is CSc1ccc(C=CC(=O)OCC(=O)NC(=O)Cc2ccccc2)cc1. The molecule has 0 aliphatic carbocycles. The number of imide groups is 1. The molecule has 0 heterocycles. The van der Waals surface area contributed by atoms with Crippen LogP contribution in [0.4, 0.5) is 0 Å². The van der Waals surface area contributed by atoms with Crippen molar-refractivity contribution in [2.45, 2.75) is 11.3 Å². The van der Waals surface area contributed by atoms with Crippen molar-refractivity contribution in [2.75, 3.05) is 12.9 Å². The van der Waals surface area contributed by atoms with E-state index in [9.17, 15) is 14.4 Å². The summed E-state index contributed by atoms with van der Waals surface area (Å²) in [4.78, 5) is 36.2. The van der Waals surface area contributed by atoms with E-state index in [1.807, 2.05) is 48.7 Å². The molecule has 134 valence electrons. The Morgan fingerprint density at radius 2 is 1.69 bits per heavy atom. The van der Waals surface area contributed by atoms with Gasteiger partial charge in [0.2, 0.25) is 5.91 Å². The van der Waals surface area contributed by atoms with Crippen LogP contribution in [-0.2, 0) is 25.5 Å². The third kappa shape index (κ3) is 6.94. The van der Waals surface area contributed by atoms with Crippen LogP contribution >= 0.6 is 11.8 Å². The van der Waals surface area contributed by atoms with Crippen LogP contribution in [0, 0.1) is 0 Å². The third-order valence-corrected chi connectivity index (χ3v) is 4.10. The number of ether oxygens (including phenoxy) is 1. The van der Waals surface area contributed by atoms with Gasteiger partial charge in [0.05, 0.1) is 6.42 Å². The highest BCUT2D eigenvalue weighted by atomic mass is 32.2. The van der Waals surface area contributed by atoms with E-state index in [0.717, 1.165) is 16.0 Å². The summed E-state index contributed by atoms with van der Waals surface area (Å²) in [5, 5.41) is 2.19. The van der Waals surface area contributed by atoms with E-state index in [1.54, 1.807) is 30.0 Å². The number of thioether (sulfide) groups is 1. The molecule has 5 nitrogen and oxygen atoms in total. The van der Waals surface area contributed by atoms with Crippen molar-refractivity contribution in [1.29, 1.82) is 0 Å². The number of rotatable bonds is 7. The molecule has 0 aliphatic rings. The Kier molecular flexibility index (Phi) is 7.64. The minimum Gasteiger partial charge on any atom is -0.452 e. The van der Waals surface area contributed by atoms with Crippen LogP contribution in [0.25, 0.3) is 6.08 Å². The standard InChI is InChI=1S/C20H19NO4S/c1-26-17-10-7-15(8-11-17)9-12-20(24)25-14-19(23)21-18(22)13-16-5-3-2-4-6-16/h2-12H,13-14H2,1H3,(H,21,22,23). The predicted octanol–water partition coefficient (Wildman–Crippen LogP) is 2.85. The fourth-order valence-corrected chi connectivity index (χ4v) is 2.49. The second kappa shape index (κ2) is 10.2. The maximum atomic E-state index is 11.7. The molecular formula is C20H19NO4S. The normalized spacial score (nSPS) is 10.5. The molecule has 0 unspecified atom stereocenters. The molecule has 2 aromatic rings. The average Bonchev–Trinajstić information content (AvgIpc) is 2.65. The van der Waals surface area contributed by atoms with Gasteiger partial charge in [-0.3, -0.25) is 14.9 Å². The Balaban J connectivity index is 1.72. The molecule has 1 N–H and O–H groups in total. The van der Waals surface area contributed by atoms with Crippen LogP contribution < -0.4 is 5.32 Å². The van der Waals surface area contributed by atoms with E-state index in [2.05, 4.69) is 5.32 Å². The summed E-state index contributed by atoms with van der Waals surface area (Å²) in [6, 6.07) is 16.7. The van der Waals surface area contributed by atoms with E-state index in [-0.39, 0.29) is 6.42 Å². The minimum atomic E-state index is -0.656. The van der Waals surface area contributed by atoms with E-state index in [0.29, 0.717) is 0 Å². The van der Waals surface area contributed by atoms with E-state index in [1.165, 1.54) is 6.08 Å². The van der Waals surface area contributed by atoms with E-state index >= 15 is 0 Å². The highest BCUT2D eigenvalue weighted by Crippen LogP contribution is 2.15. The fourth-order valence-electron chi connectivity index (χ4n) is 2.08. The Morgan fingerprint density at radius 3 is 2.35 bits per heavy atom. The van der Waals surface area contributed by atoms with Crippen molar-refractivity contribution in [1.82, 2.24) is 5.32 Å². The molecule has 0 atom stereocenters. The summed E-state index contributed by atoms with van der Waals surface area (Å²) in [5.41, 5.74) is 1.65. The zero-order chi connectivity index (χ0) is 18.8. The second-order valence-corrected chi connectivity index (χ2v) is 6.23. The quantitative estimate of drug-likeness (QED) is 0.462. The molecule has 0 aromatic heterocycles. The molecule has 2 rings (SSSR count). The van der Waals surface area contributed by atoms with Gasteiger partial charge in [0.25, 0.3) is 5.91 Å². The maximum Gasteiger partial charge on any atom is 0.331 e. The second-order valence-electron chi connectivity index (χ2n) is 5.35. The fraction of sp³-hybridized carbons (Fsp3) is 0.150. The number of hydrogen-bond donors (Lipinski definition) is 1. The number of amides is 2. The zero-order valence-electron chi connectivity index (χ0n) is 14.3. The van der Waals surface area contributed by atoms with Gasteiger partial charge in [-0.05, 0) is 35.6 Å². The molecule has 2 aromatic carbocycles. The smallest absolute Gasteiger partial charge is 0.331 e. The molecule has 0 spiro atoms. The van der Waals surface area contributed by atoms with Gasteiger partial charge in [0.15, 0.2) is 6.61 Å². The van der Waals surface area contributed by atoms with Gasteiger partial charge in [0.1, 0.15) is 0 Å². The highest BCUT2D eigenvalue weighted by molar-refractivity contribution is 7.98. The van der Waals surface area contributed by atoms with Gasteiger partial charge in [-0.15, -0.1) is 11.8 Å². The van der Waals surface area contributed by atoms with Gasteiger partial charge >= 0.3 is 5.97 Å². The van der Waals surface area contributed by atoms with E-state index < -0.39 is 24.4 Å². The van der Waals surface area contributed by atoms with Crippen molar-refractivity contribution >= 4 is 35.6 Å². The first-order valence-corrected chi connectivity index (χ1v) is 9.15. The van der Waals surface area contributed by atoms with Gasteiger partial charge in [-0.1, -0.05) is 42.5 Å². The lowest BCUT2D eigenvalue weighted by atomic mass is 10.1. The molecule has 0 saturated carbocycles. The Hall–Kier alpha value is -2.86. The third-order valence-electron chi connectivity index (χ3n) is 3.36. The highest BCUT2D eigenvalue weighted by Gasteiger charge is 2.10. The lowest BCUT2D eigenvalue weighted by Crippen LogP contribution is -2.35. The van der Waals surface area contributed by atoms with Crippen LogP contribution in [0.15, 0.2) is 65.6 Å². The summed E-state index contributed by atoms with van der Waals surface area (Å²) >= 11 is 1.63. The lowest BCUT2D eigenvalue weighted by Gasteiger charge is -2.04. The van der Waals surface area contributed by atoms with Gasteiger partial charge in [-0.25, -0.2) is 4.79 Å². The van der Waals surface area contributed by atoms with Crippen molar-refractivity contribution in [3.63, 3.8) is 0 Å². The van der Waals surface area contributed by atoms with Gasteiger partial charge < -0.3 is 4.74 Å². The van der Waals surface area contributed by atoms with Gasteiger partial charge in [-0.2, -0.15) is 0 Å². The largest absolute Gasteiger partial charge is 0.452 e. The molecule has 0 fully saturated rings. The summed E-state index contributed by atoms with van der Waals surface area (Å²) in [7, 11) is 0. The maximum absolute atomic E-state index is 11.7. The summed E-state index contributed by atoms with van der Waals surface area (Å²) < 4.78 is 4.83. The summed E-state index contributed by atoms with van der Waals surface area (Å²) in [6.07, 6.45) is 4.92. The summed E-state index contributed by atoms with van der Waals surface area (Å²) in [5.74, 6) is -1.75. The molecule has 0 radical (unpaired) electrons. The predicted molar refractivity (Wildman–Crippen MR) is 102 cm³/mol. The van der Waals surface area contributed by atoms with Crippen LogP contribution in [0.5, 0.6) is 0 Å². The van der Waals surface area contributed by atoms with E-state index in [4.69, 9.17) is 4.74 Å². The number of benzene rings is 2. The van der Waals surface area contributed by atoms with Gasteiger partial charge in [0, 0.05) is 11.0 Å². The number of carbonyl (C=O) groups is 3. The van der Waals surface area contributed by atoms with Crippen molar-refractivity contribution in [2.24, 2.45) is 0 Å². The Morgan fingerprint density at radius 1 is 1.00 bits per heavy atom. The summed E-state index contributed by atoms with van der Waals surface area (Å²) in [6.45, 7) is -0.505. The van der Waals surface area contributed by atoms with Crippen LogP contribution in [0.2, 0.25) is 0 Å². The molecular weight excluding hydrogens is 350 g/mol. The molecule has 2 amide bonds. The first-order valence-electron chi connectivity index (χ1n) is 7.92. The zero-order valence-corrected chi connectivity index (χ0v) is 15.1. The monoisotopic (exact) mass is 369 g/mol. The molecule has 0 aliphatic heterocycles. The minimum absolute atomic E-state index is 0.0898. The van der Waals surface area contributed by atoms with Crippen molar-refractivity contribution < 1.29 is 19.1 Å². The van der Waals surface area contributed by atoms with Crippen molar-refractivity contribution in [3.8, 4) is 0 Å². The Labute approximate surface area is 156 Å². The molecule has 0 bridgehead atoms. The first kappa shape index (κ1) is 19.5. The lowest BCUT2D eigenvalue weighted by molar-refractivity contribution is -0.145. The number of carbonyl (C=O) groups excluding carboxylic acids is 3. The van der Waals surface area contributed by atoms with Crippen LogP contribution in [0.3, 0.4) is 0 Å². The molecule has 6 heteroatoms.